The molecule has 1 saturated heterocycles. The first-order chi connectivity index (χ1) is 23.6. The lowest BCUT2D eigenvalue weighted by molar-refractivity contribution is 0.0690. The molecule has 0 atom stereocenters. The largest absolute Gasteiger partial charge is 0.493 e. The fraction of sp³-hybridized carbons (Fsp3) is 0.256. The van der Waals surface area contributed by atoms with Crippen LogP contribution in [0.3, 0.4) is 0 Å². The van der Waals surface area contributed by atoms with Crippen LogP contribution >= 0.6 is 0 Å². The topological polar surface area (TPSA) is 112 Å². The van der Waals surface area contributed by atoms with E-state index in [0.717, 1.165) is 53.7 Å². The van der Waals surface area contributed by atoms with Crippen molar-refractivity contribution in [1.82, 2.24) is 25.0 Å². The van der Waals surface area contributed by atoms with Gasteiger partial charge in [-0.15, -0.1) is 0 Å². The van der Waals surface area contributed by atoms with Crippen LogP contribution in [0.2, 0.25) is 0 Å². The third kappa shape index (κ3) is 6.41. The van der Waals surface area contributed by atoms with Crippen molar-refractivity contribution in [3.8, 4) is 22.7 Å². The van der Waals surface area contributed by atoms with Gasteiger partial charge in [0.05, 0.1) is 35.3 Å². The Morgan fingerprint density at radius 1 is 0.875 bits per heavy atom. The van der Waals surface area contributed by atoms with E-state index in [1.54, 1.807) is 10.9 Å². The van der Waals surface area contributed by atoms with Crippen LogP contribution in [0.25, 0.3) is 38.6 Å². The molecule has 1 amide bonds. The second kappa shape index (κ2) is 14.1. The Morgan fingerprint density at radius 3 is 2.46 bits per heavy atom. The summed E-state index contributed by atoms with van der Waals surface area (Å²) in [4.78, 5) is 31.9. The standard InChI is InChI=1S/C39H39N5O4/c45-38(40-21-11-24-43-22-6-7-23-43)33-26-41-44(28-14-2-1-3-15-28)37(33)32-18-9-17-30-31(36(39(46)47)42-35(30)32)19-10-25-48-34-20-8-13-27-12-4-5-16-29(27)34/h1-5,8-9,12-18,20,26,42H,6-7,10-11,19,21-25H2,(H,40,45)(H,46,47). The predicted molar refractivity (Wildman–Crippen MR) is 188 cm³/mol. The molecule has 0 bridgehead atoms. The second-order valence-corrected chi connectivity index (χ2v) is 12.3. The number of carboxylic acid groups (broad SMARTS) is 1. The number of amides is 1. The van der Waals surface area contributed by atoms with Crippen LogP contribution in [0, 0.1) is 0 Å². The Balaban J connectivity index is 1.18. The van der Waals surface area contributed by atoms with Crippen LogP contribution in [0.4, 0.5) is 0 Å². The van der Waals surface area contributed by atoms with E-state index < -0.39 is 5.97 Å². The molecule has 244 valence electrons. The first-order valence-electron chi connectivity index (χ1n) is 16.7. The lowest BCUT2D eigenvalue weighted by Gasteiger charge is -2.15. The van der Waals surface area contributed by atoms with E-state index >= 15 is 0 Å². The first-order valence-corrected chi connectivity index (χ1v) is 16.7. The maximum Gasteiger partial charge on any atom is 0.352 e. The van der Waals surface area contributed by atoms with Crippen molar-refractivity contribution in [2.24, 2.45) is 0 Å². The molecule has 9 heteroatoms. The molecule has 4 aromatic carbocycles. The van der Waals surface area contributed by atoms with Crippen molar-refractivity contribution in [2.75, 3.05) is 32.8 Å². The van der Waals surface area contributed by atoms with Crippen LogP contribution in [0.5, 0.6) is 5.75 Å². The number of rotatable bonds is 13. The number of hydrogen-bond acceptors (Lipinski definition) is 5. The van der Waals surface area contributed by atoms with Gasteiger partial charge in [0, 0.05) is 22.9 Å². The first kappa shape index (κ1) is 31.2. The smallest absolute Gasteiger partial charge is 0.352 e. The number of carboxylic acids is 1. The van der Waals surface area contributed by atoms with Gasteiger partial charge in [0.1, 0.15) is 11.4 Å². The minimum absolute atomic E-state index is 0.140. The zero-order chi connectivity index (χ0) is 32.9. The lowest BCUT2D eigenvalue weighted by atomic mass is 10.0. The Bertz CT molecular complexity index is 2050. The fourth-order valence-electron chi connectivity index (χ4n) is 6.81. The summed E-state index contributed by atoms with van der Waals surface area (Å²) in [5.41, 5.74) is 4.05. The number of fused-ring (bicyclic) bond motifs is 2. The van der Waals surface area contributed by atoms with Crippen LogP contribution in [0.1, 0.15) is 52.1 Å². The summed E-state index contributed by atoms with van der Waals surface area (Å²) in [5, 5.41) is 21.0. The van der Waals surface area contributed by atoms with Gasteiger partial charge >= 0.3 is 5.97 Å². The second-order valence-electron chi connectivity index (χ2n) is 12.3. The van der Waals surface area contributed by atoms with E-state index in [1.807, 2.05) is 78.9 Å². The quantitative estimate of drug-likeness (QED) is 0.116. The van der Waals surface area contributed by atoms with Gasteiger partial charge in [0.25, 0.3) is 5.91 Å². The molecule has 1 fully saturated rings. The van der Waals surface area contributed by atoms with E-state index in [1.165, 1.54) is 12.8 Å². The molecule has 0 aliphatic carbocycles. The Morgan fingerprint density at radius 2 is 1.62 bits per heavy atom. The number of para-hydroxylation sites is 2. The number of ether oxygens (including phenoxy) is 1. The minimum Gasteiger partial charge on any atom is -0.493 e. The number of likely N-dealkylation sites (tertiary alicyclic amines) is 1. The maximum absolute atomic E-state index is 13.7. The number of H-pyrrole nitrogens is 1. The van der Waals surface area contributed by atoms with Crippen molar-refractivity contribution in [3.63, 3.8) is 0 Å². The van der Waals surface area contributed by atoms with Crippen molar-refractivity contribution in [1.29, 1.82) is 0 Å². The molecule has 9 nitrogen and oxygen atoms in total. The van der Waals surface area contributed by atoms with Gasteiger partial charge in [-0.3, -0.25) is 4.79 Å². The number of nitrogens with zero attached hydrogens (tertiary/aromatic N) is 3. The summed E-state index contributed by atoms with van der Waals surface area (Å²) in [6.07, 6.45) is 6.07. The van der Waals surface area contributed by atoms with E-state index in [9.17, 15) is 14.7 Å². The predicted octanol–water partition coefficient (Wildman–Crippen LogP) is 7.10. The molecule has 48 heavy (non-hydrogen) atoms. The third-order valence-corrected chi connectivity index (χ3v) is 9.14. The number of aromatic amines is 1. The lowest BCUT2D eigenvalue weighted by Crippen LogP contribution is -2.28. The van der Waals surface area contributed by atoms with Crippen LogP contribution in [0.15, 0.2) is 97.2 Å². The van der Waals surface area contributed by atoms with Crippen LogP contribution in [-0.2, 0) is 6.42 Å². The monoisotopic (exact) mass is 641 g/mol. The number of benzene rings is 4. The van der Waals surface area contributed by atoms with Crippen LogP contribution < -0.4 is 10.1 Å². The Labute approximate surface area is 279 Å². The molecule has 2 aromatic heterocycles. The van der Waals surface area contributed by atoms with Gasteiger partial charge in [-0.2, -0.15) is 5.10 Å². The summed E-state index contributed by atoms with van der Waals surface area (Å²) in [7, 11) is 0. The fourth-order valence-corrected chi connectivity index (χ4v) is 6.81. The molecule has 0 saturated carbocycles. The van der Waals surface area contributed by atoms with Crippen molar-refractivity contribution in [2.45, 2.75) is 32.1 Å². The maximum atomic E-state index is 13.7. The zero-order valence-corrected chi connectivity index (χ0v) is 26.8. The summed E-state index contributed by atoms with van der Waals surface area (Å²) >= 11 is 0. The number of aryl methyl sites for hydroxylation is 1. The Kier molecular flexibility index (Phi) is 9.20. The number of carbonyl (C=O) groups is 2. The Hall–Kier alpha value is -5.41. The molecule has 1 aliphatic heterocycles. The van der Waals surface area contributed by atoms with Gasteiger partial charge in [-0.05, 0) is 80.9 Å². The van der Waals surface area contributed by atoms with Gasteiger partial charge in [0.15, 0.2) is 0 Å². The molecule has 1 aliphatic rings. The van der Waals surface area contributed by atoms with E-state index in [0.29, 0.717) is 53.9 Å². The average Bonchev–Trinajstić information content (AvgIpc) is 3.88. The third-order valence-electron chi connectivity index (χ3n) is 9.14. The van der Waals surface area contributed by atoms with Gasteiger partial charge < -0.3 is 25.0 Å². The highest BCUT2D eigenvalue weighted by molar-refractivity contribution is 6.07. The van der Waals surface area contributed by atoms with Gasteiger partial charge in [-0.1, -0.05) is 72.8 Å². The van der Waals surface area contributed by atoms with Crippen molar-refractivity contribution >= 4 is 33.6 Å². The molecular formula is C39H39N5O4. The van der Waals surface area contributed by atoms with E-state index in [-0.39, 0.29) is 11.6 Å². The van der Waals surface area contributed by atoms with Gasteiger partial charge in [-0.25, -0.2) is 9.48 Å². The molecule has 3 heterocycles. The molecule has 0 unspecified atom stereocenters. The average molecular weight is 642 g/mol. The summed E-state index contributed by atoms with van der Waals surface area (Å²) in [5.74, 6) is -0.431. The number of carbonyl (C=O) groups excluding carboxylic acids is 1. The number of hydrogen-bond donors (Lipinski definition) is 3. The zero-order valence-electron chi connectivity index (χ0n) is 26.8. The van der Waals surface area contributed by atoms with E-state index in [2.05, 4.69) is 32.4 Å². The number of aromatic nitrogens is 3. The normalized spacial score (nSPS) is 13.3. The van der Waals surface area contributed by atoms with Crippen LogP contribution in [-0.4, -0.2) is 69.4 Å². The minimum atomic E-state index is -1.03. The number of aromatic carboxylic acids is 1. The summed E-state index contributed by atoms with van der Waals surface area (Å²) < 4.78 is 7.93. The SMILES string of the molecule is O=C(NCCCN1CCCC1)c1cnn(-c2ccccc2)c1-c1cccc2c(CCCOc3cccc4ccccc34)c(C(=O)O)[nH]c12. The highest BCUT2D eigenvalue weighted by atomic mass is 16.5. The highest BCUT2D eigenvalue weighted by Crippen LogP contribution is 2.36. The van der Waals surface area contributed by atoms with Crippen molar-refractivity contribution in [3.05, 3.63) is 114 Å². The van der Waals surface area contributed by atoms with Crippen molar-refractivity contribution < 1.29 is 19.4 Å². The summed E-state index contributed by atoms with van der Waals surface area (Å²) in [6.45, 7) is 4.21. The van der Waals surface area contributed by atoms with Gasteiger partial charge in [0.2, 0.25) is 0 Å². The molecule has 6 aromatic rings. The molecule has 0 radical (unpaired) electrons. The highest BCUT2D eigenvalue weighted by Gasteiger charge is 2.25. The number of nitrogens with one attached hydrogen (secondary N) is 2. The molecule has 7 rings (SSSR count). The molecule has 0 spiro atoms. The van der Waals surface area contributed by atoms with E-state index in [4.69, 9.17) is 4.74 Å². The molecule has 3 N–H and O–H groups in total. The summed E-state index contributed by atoms with van der Waals surface area (Å²) in [6, 6.07) is 29.5. The molecular weight excluding hydrogens is 602 g/mol.